The summed E-state index contributed by atoms with van der Waals surface area (Å²) in [6.45, 7) is 0. The van der Waals surface area contributed by atoms with Crippen LogP contribution in [0, 0.1) is 30.3 Å². The van der Waals surface area contributed by atoms with Crippen molar-refractivity contribution in [3.05, 3.63) is 60.7 Å². The molecule has 90 valence electrons. The monoisotopic (exact) mass is 307 g/mol. The molecule has 0 saturated heterocycles. The maximum atomic E-state index is 10.6. The van der Waals surface area contributed by atoms with Crippen LogP contribution in [0.25, 0.3) is 0 Å². The second-order valence-electron chi connectivity index (χ2n) is 2.76. The van der Waals surface area contributed by atoms with E-state index in [1.165, 1.54) is 24.3 Å². The minimum atomic E-state index is -3.37. The Bertz CT molecular complexity index is 428. The van der Waals surface area contributed by atoms with Crippen molar-refractivity contribution in [3.63, 3.8) is 0 Å². The van der Waals surface area contributed by atoms with Gasteiger partial charge < -0.3 is 0 Å². The van der Waals surface area contributed by atoms with E-state index in [1.807, 2.05) is 0 Å². The van der Waals surface area contributed by atoms with E-state index in [2.05, 4.69) is 0 Å². The number of hydrogen-bond acceptors (Lipinski definition) is 6. The average molecular weight is 306 g/mol. The van der Waals surface area contributed by atoms with Gasteiger partial charge in [0.15, 0.2) is 0 Å². The number of benzene rings is 1. The summed E-state index contributed by atoms with van der Waals surface area (Å²) in [6, 6.07) is 7.37. The number of rotatable bonds is 5. The van der Waals surface area contributed by atoms with Gasteiger partial charge in [-0.25, -0.2) is 0 Å². The van der Waals surface area contributed by atoms with E-state index in [9.17, 15) is 30.3 Å². The molecule has 0 atom stereocenters. The van der Waals surface area contributed by atoms with Gasteiger partial charge >= 0.3 is 99.5 Å². The maximum absolute atomic E-state index is 10.6. The van der Waals surface area contributed by atoms with Gasteiger partial charge in [-0.05, 0) is 0 Å². The van der Waals surface area contributed by atoms with Crippen molar-refractivity contribution in [2.24, 2.45) is 0 Å². The molecule has 1 rings (SSSR count). The molecule has 0 N–H and O–H groups in total. The number of hydrogen-bond donors (Lipinski definition) is 0. The van der Waals surface area contributed by atoms with Crippen LogP contribution in [0.1, 0.15) is 0 Å². The van der Waals surface area contributed by atoms with Crippen LogP contribution >= 0.6 is 0 Å². The Morgan fingerprint density at radius 3 is 1.65 bits per heavy atom. The third-order valence-corrected chi connectivity index (χ3v) is 4.29. The van der Waals surface area contributed by atoms with E-state index in [1.54, 1.807) is 6.07 Å². The molecule has 0 unspecified atom stereocenters. The van der Waals surface area contributed by atoms with E-state index in [4.69, 9.17) is 0 Å². The first-order valence-electron chi connectivity index (χ1n) is 4.09. The van der Waals surface area contributed by atoms with E-state index < -0.39 is 34.4 Å². The molecule has 0 radical (unpaired) electrons. The summed E-state index contributed by atoms with van der Waals surface area (Å²) in [5.74, 6) is 0. The molecule has 9 nitrogen and oxygen atoms in total. The fourth-order valence-corrected chi connectivity index (χ4v) is 2.71. The number of nitro groups is 3. The molecule has 0 aliphatic heterocycles. The molecule has 0 saturated carbocycles. The van der Waals surface area contributed by atoms with Crippen molar-refractivity contribution in [1.82, 2.24) is 0 Å². The molecular formula is C7H5N3O6Se. The van der Waals surface area contributed by atoms with E-state index in [0.717, 1.165) is 0 Å². The third kappa shape index (κ3) is 2.37. The van der Waals surface area contributed by atoms with Crippen molar-refractivity contribution in [3.8, 4) is 0 Å². The molecule has 1 aromatic rings. The van der Waals surface area contributed by atoms with Gasteiger partial charge in [0.25, 0.3) is 0 Å². The molecule has 0 bridgehead atoms. The zero-order chi connectivity index (χ0) is 13.1. The standard InChI is InChI=1S/C7H5N3O6Se/c11-8(12)7(9(13)14,10(15)16)17-6-4-2-1-3-5-6/h1-5H. The zero-order valence-corrected chi connectivity index (χ0v) is 9.80. The van der Waals surface area contributed by atoms with Gasteiger partial charge in [0.2, 0.25) is 0 Å². The fraction of sp³-hybridized carbons (Fsp3) is 0.143. The first kappa shape index (κ1) is 13.0. The van der Waals surface area contributed by atoms with Gasteiger partial charge in [-0.1, -0.05) is 0 Å². The van der Waals surface area contributed by atoms with Crippen LogP contribution in [0.4, 0.5) is 0 Å². The Hall–Kier alpha value is -2.06. The quantitative estimate of drug-likeness (QED) is 0.311. The van der Waals surface area contributed by atoms with Crippen molar-refractivity contribution < 1.29 is 14.8 Å². The molecule has 0 heterocycles. The molecular weight excluding hydrogens is 301 g/mol. The summed E-state index contributed by atoms with van der Waals surface area (Å²) in [7, 11) is 0. The predicted molar refractivity (Wildman–Crippen MR) is 55.5 cm³/mol. The Morgan fingerprint density at radius 2 is 1.29 bits per heavy atom. The Morgan fingerprint density at radius 1 is 0.882 bits per heavy atom. The SMILES string of the molecule is O=[N+]([O-])C([Se]c1ccccc1)([N+](=O)[O-])[N+](=O)[O-]. The molecule has 0 aliphatic carbocycles. The summed E-state index contributed by atoms with van der Waals surface area (Å²) in [6.07, 6.45) is 0. The Kier molecular flexibility index (Phi) is 3.71. The van der Waals surface area contributed by atoms with Crippen molar-refractivity contribution in [2.45, 2.75) is 4.69 Å². The first-order chi connectivity index (χ1) is 7.91. The molecule has 17 heavy (non-hydrogen) atoms. The fourth-order valence-electron chi connectivity index (χ4n) is 0.958. The molecule has 0 spiro atoms. The third-order valence-electron chi connectivity index (χ3n) is 1.71. The minimum absolute atomic E-state index is 0.213. The van der Waals surface area contributed by atoms with Crippen LogP contribution in [-0.4, -0.2) is 34.4 Å². The summed E-state index contributed by atoms with van der Waals surface area (Å²) in [4.78, 5) is 27.6. The average Bonchev–Trinajstić information content (AvgIpc) is 2.25. The van der Waals surface area contributed by atoms with Crippen LogP contribution in [0.15, 0.2) is 30.3 Å². The van der Waals surface area contributed by atoms with Crippen molar-refractivity contribution in [1.29, 1.82) is 0 Å². The van der Waals surface area contributed by atoms with Gasteiger partial charge in [-0.2, -0.15) is 0 Å². The Balaban J connectivity index is 3.21. The first-order valence-corrected chi connectivity index (χ1v) is 5.80. The second-order valence-corrected chi connectivity index (χ2v) is 5.33. The van der Waals surface area contributed by atoms with Crippen LogP contribution in [0.5, 0.6) is 0 Å². The van der Waals surface area contributed by atoms with Gasteiger partial charge in [0.05, 0.1) is 0 Å². The van der Waals surface area contributed by atoms with Gasteiger partial charge in [-0.15, -0.1) is 0 Å². The van der Waals surface area contributed by atoms with E-state index >= 15 is 0 Å². The molecule has 10 heteroatoms. The van der Waals surface area contributed by atoms with Crippen LogP contribution < -0.4 is 4.46 Å². The molecule has 0 aromatic heterocycles. The summed E-state index contributed by atoms with van der Waals surface area (Å²) < 4.78 is -3.15. The topological polar surface area (TPSA) is 129 Å². The predicted octanol–water partition coefficient (Wildman–Crippen LogP) is -0.543. The summed E-state index contributed by atoms with van der Waals surface area (Å²) in [5.41, 5.74) is 0. The van der Waals surface area contributed by atoms with E-state index in [-0.39, 0.29) is 4.46 Å². The number of nitrogens with zero attached hydrogens (tertiary/aromatic N) is 3. The zero-order valence-electron chi connectivity index (χ0n) is 8.09. The van der Waals surface area contributed by atoms with Gasteiger partial charge in [0, 0.05) is 0 Å². The van der Waals surface area contributed by atoms with Gasteiger partial charge in [0.1, 0.15) is 0 Å². The summed E-state index contributed by atoms with van der Waals surface area (Å²) >= 11 is -1.55. The van der Waals surface area contributed by atoms with Crippen LogP contribution in [0.3, 0.4) is 0 Å². The molecule has 0 fully saturated rings. The molecule has 1 aromatic carbocycles. The normalized spacial score (nSPS) is 10.8. The Labute approximate surface area is 100 Å². The van der Waals surface area contributed by atoms with E-state index in [0.29, 0.717) is 0 Å². The molecule has 0 amide bonds. The molecule has 0 aliphatic rings. The van der Waals surface area contributed by atoms with Crippen LogP contribution in [-0.2, 0) is 0 Å². The van der Waals surface area contributed by atoms with Gasteiger partial charge in [-0.3, -0.25) is 0 Å². The summed E-state index contributed by atoms with van der Waals surface area (Å²) in [5, 5.41) is 31.9. The van der Waals surface area contributed by atoms with Crippen molar-refractivity contribution >= 4 is 19.4 Å². The second kappa shape index (κ2) is 4.85. The van der Waals surface area contributed by atoms with Crippen molar-refractivity contribution in [2.75, 3.05) is 0 Å². The van der Waals surface area contributed by atoms with Crippen LogP contribution in [0.2, 0.25) is 0 Å².